The van der Waals surface area contributed by atoms with E-state index in [9.17, 15) is 4.79 Å². The zero-order chi connectivity index (χ0) is 17.0. The number of hydrogen-bond donors (Lipinski definition) is 3. The number of aromatic amines is 1. The van der Waals surface area contributed by atoms with Gasteiger partial charge in [0.15, 0.2) is 0 Å². The van der Waals surface area contributed by atoms with Gasteiger partial charge >= 0.3 is 6.09 Å². The fourth-order valence-corrected chi connectivity index (χ4v) is 1.89. The Kier molecular flexibility index (Phi) is 6.00. The first-order valence-electron chi connectivity index (χ1n) is 7.74. The number of H-pyrrole nitrogens is 1. The van der Waals surface area contributed by atoms with Gasteiger partial charge in [0.05, 0.1) is 6.20 Å². The molecule has 1 heterocycles. The number of aromatic nitrogens is 2. The normalized spacial score (nSPS) is 14.7. The van der Waals surface area contributed by atoms with Gasteiger partial charge < -0.3 is 15.4 Å². The number of carbonyl (C=O) groups is 1. The van der Waals surface area contributed by atoms with E-state index in [4.69, 9.17) is 4.74 Å². The van der Waals surface area contributed by atoms with Crippen molar-refractivity contribution in [1.82, 2.24) is 20.8 Å². The van der Waals surface area contributed by atoms with E-state index in [1.54, 1.807) is 0 Å². The van der Waals surface area contributed by atoms with Gasteiger partial charge in [0, 0.05) is 29.9 Å². The van der Waals surface area contributed by atoms with Crippen LogP contribution < -0.4 is 10.6 Å². The van der Waals surface area contributed by atoms with Crippen LogP contribution in [0.15, 0.2) is 6.20 Å². The Bertz CT molecular complexity index is 491. The zero-order valence-electron chi connectivity index (χ0n) is 14.8. The van der Waals surface area contributed by atoms with Crippen LogP contribution in [0.5, 0.6) is 0 Å². The summed E-state index contributed by atoms with van der Waals surface area (Å²) in [5.74, 6) is 0.342. The fraction of sp³-hybridized carbons (Fsp3) is 0.750. The fourth-order valence-electron chi connectivity index (χ4n) is 1.89. The average Bonchev–Trinajstić information content (AvgIpc) is 2.77. The molecule has 0 aliphatic rings. The predicted octanol–water partition coefficient (Wildman–Crippen LogP) is 2.75. The van der Waals surface area contributed by atoms with E-state index in [0.717, 1.165) is 11.3 Å². The molecule has 6 heteroatoms. The molecule has 0 bridgehead atoms. The lowest BCUT2D eigenvalue weighted by molar-refractivity contribution is 0.0503. The van der Waals surface area contributed by atoms with Gasteiger partial charge in [-0.2, -0.15) is 5.10 Å². The molecule has 6 nitrogen and oxygen atoms in total. The van der Waals surface area contributed by atoms with Gasteiger partial charge in [-0.05, 0) is 40.5 Å². The summed E-state index contributed by atoms with van der Waals surface area (Å²) < 4.78 is 5.29. The Morgan fingerprint density at radius 3 is 2.45 bits per heavy atom. The summed E-state index contributed by atoms with van der Waals surface area (Å²) in [6.45, 7) is 15.1. The third-order valence-corrected chi connectivity index (χ3v) is 3.89. The van der Waals surface area contributed by atoms with Crippen molar-refractivity contribution in [3.05, 3.63) is 17.5 Å². The molecule has 0 aromatic carbocycles. The highest BCUT2D eigenvalue weighted by molar-refractivity contribution is 5.67. The molecule has 0 aliphatic heterocycles. The van der Waals surface area contributed by atoms with Crippen molar-refractivity contribution in [3.63, 3.8) is 0 Å². The van der Waals surface area contributed by atoms with Crippen LogP contribution in [0.4, 0.5) is 4.79 Å². The minimum Gasteiger partial charge on any atom is -0.444 e. The molecule has 1 aromatic heterocycles. The molecule has 1 atom stereocenters. The van der Waals surface area contributed by atoms with E-state index in [2.05, 4.69) is 41.6 Å². The molecule has 0 fully saturated rings. The van der Waals surface area contributed by atoms with Crippen LogP contribution in [0.1, 0.15) is 52.8 Å². The number of ether oxygens (including phenoxy) is 1. The summed E-state index contributed by atoms with van der Waals surface area (Å²) in [6, 6.07) is 0. The van der Waals surface area contributed by atoms with Crippen LogP contribution >= 0.6 is 0 Å². The first-order chi connectivity index (χ1) is 10.0. The Balaban J connectivity index is 2.59. The Morgan fingerprint density at radius 1 is 1.36 bits per heavy atom. The van der Waals surface area contributed by atoms with Gasteiger partial charge in [0.2, 0.25) is 0 Å². The molecule has 0 spiro atoms. The van der Waals surface area contributed by atoms with E-state index in [1.807, 2.05) is 33.9 Å². The molecule has 1 amide bonds. The van der Waals surface area contributed by atoms with Gasteiger partial charge in [0.1, 0.15) is 5.60 Å². The van der Waals surface area contributed by atoms with Crippen molar-refractivity contribution in [1.29, 1.82) is 0 Å². The van der Waals surface area contributed by atoms with Crippen molar-refractivity contribution < 1.29 is 9.53 Å². The van der Waals surface area contributed by atoms with Crippen LogP contribution in [0.25, 0.3) is 0 Å². The quantitative estimate of drug-likeness (QED) is 0.755. The third kappa shape index (κ3) is 5.67. The first-order valence-corrected chi connectivity index (χ1v) is 7.74. The summed E-state index contributed by atoms with van der Waals surface area (Å²) in [5.41, 5.74) is 1.46. The molecule has 1 unspecified atom stereocenters. The molecule has 0 radical (unpaired) electrons. The van der Waals surface area contributed by atoms with Crippen molar-refractivity contribution >= 4 is 6.09 Å². The third-order valence-electron chi connectivity index (χ3n) is 3.89. The van der Waals surface area contributed by atoms with E-state index in [1.165, 1.54) is 0 Å². The molecule has 126 valence electrons. The maximum absolute atomic E-state index is 11.8. The molecule has 0 saturated heterocycles. The summed E-state index contributed by atoms with van der Waals surface area (Å²) in [4.78, 5) is 11.8. The lowest BCUT2D eigenvalue weighted by atomic mass is 9.88. The summed E-state index contributed by atoms with van der Waals surface area (Å²) in [7, 11) is 0. The minimum atomic E-state index is -0.486. The topological polar surface area (TPSA) is 79.0 Å². The minimum absolute atomic E-state index is 0.236. The number of rotatable bonds is 6. The maximum Gasteiger partial charge on any atom is 0.407 e. The lowest BCUT2D eigenvalue weighted by Gasteiger charge is -2.35. The highest BCUT2D eigenvalue weighted by Gasteiger charge is 2.29. The Morgan fingerprint density at radius 2 is 2.00 bits per heavy atom. The van der Waals surface area contributed by atoms with Crippen LogP contribution in [0, 0.1) is 12.8 Å². The van der Waals surface area contributed by atoms with Gasteiger partial charge in [0.25, 0.3) is 0 Å². The number of aryl methyl sites for hydroxylation is 1. The summed E-state index contributed by atoms with van der Waals surface area (Å²) in [6.07, 6.45) is 1.44. The van der Waals surface area contributed by atoms with Crippen molar-refractivity contribution in [2.75, 3.05) is 6.54 Å². The molecular weight excluding hydrogens is 280 g/mol. The smallest absolute Gasteiger partial charge is 0.407 e. The number of carbonyl (C=O) groups excluding carboxylic acids is 1. The molecule has 1 rings (SSSR count). The second-order valence-electron chi connectivity index (χ2n) is 7.30. The van der Waals surface area contributed by atoms with Crippen LogP contribution in [0.3, 0.4) is 0 Å². The number of nitrogens with one attached hydrogen (secondary N) is 3. The Labute approximate surface area is 133 Å². The molecular formula is C16H30N4O2. The predicted molar refractivity (Wildman–Crippen MR) is 87.6 cm³/mol. The second-order valence-corrected chi connectivity index (χ2v) is 7.30. The average molecular weight is 310 g/mol. The van der Waals surface area contributed by atoms with Gasteiger partial charge in [-0.1, -0.05) is 13.8 Å². The number of amides is 1. The van der Waals surface area contributed by atoms with E-state index >= 15 is 0 Å². The highest BCUT2D eigenvalue weighted by atomic mass is 16.6. The molecule has 3 N–H and O–H groups in total. The molecule has 0 saturated carbocycles. The van der Waals surface area contributed by atoms with Gasteiger partial charge in [-0.25, -0.2) is 4.79 Å². The zero-order valence-corrected chi connectivity index (χ0v) is 14.8. The van der Waals surface area contributed by atoms with Gasteiger partial charge in [-0.3, -0.25) is 5.10 Å². The molecule has 0 aliphatic carbocycles. The second kappa shape index (κ2) is 7.13. The van der Waals surface area contributed by atoms with Crippen molar-refractivity contribution in [2.24, 2.45) is 5.92 Å². The maximum atomic E-state index is 11.8. The number of nitrogens with zero attached hydrogens (tertiary/aromatic N) is 1. The van der Waals surface area contributed by atoms with E-state index < -0.39 is 5.60 Å². The standard InChI is InChI=1S/C16H30N4O2/c1-11(2)16(7,10-17-14(21)22-15(4,5)6)18-8-13-9-19-20-12(13)3/h9,11,18H,8,10H2,1-7H3,(H,17,21)(H,19,20). The Hall–Kier alpha value is -1.56. The molecule has 22 heavy (non-hydrogen) atoms. The summed E-state index contributed by atoms with van der Waals surface area (Å²) >= 11 is 0. The lowest BCUT2D eigenvalue weighted by Crippen LogP contribution is -2.55. The van der Waals surface area contributed by atoms with Gasteiger partial charge in [-0.15, -0.1) is 0 Å². The van der Waals surface area contributed by atoms with Crippen LogP contribution in [-0.4, -0.2) is 34.0 Å². The van der Waals surface area contributed by atoms with Crippen LogP contribution in [0.2, 0.25) is 0 Å². The van der Waals surface area contributed by atoms with Crippen molar-refractivity contribution in [2.45, 2.75) is 66.2 Å². The van der Waals surface area contributed by atoms with Crippen LogP contribution in [-0.2, 0) is 11.3 Å². The summed E-state index contributed by atoms with van der Waals surface area (Å²) in [5, 5.41) is 13.3. The largest absolute Gasteiger partial charge is 0.444 e. The van der Waals surface area contributed by atoms with Crippen molar-refractivity contribution in [3.8, 4) is 0 Å². The number of hydrogen-bond acceptors (Lipinski definition) is 4. The number of alkyl carbamates (subject to hydrolysis) is 1. The molecule has 1 aromatic rings. The van der Waals surface area contributed by atoms with E-state index in [0.29, 0.717) is 19.0 Å². The first kappa shape index (κ1) is 18.5. The SMILES string of the molecule is Cc1[nH]ncc1CNC(C)(CNC(=O)OC(C)(C)C)C(C)C. The van der Waals surface area contributed by atoms with E-state index in [-0.39, 0.29) is 11.6 Å². The monoisotopic (exact) mass is 310 g/mol. The highest BCUT2D eigenvalue weighted by Crippen LogP contribution is 2.17.